The SMILES string of the molecule is C/C=C/c1nc(-c2c(C)nn3ccccc23)sc1C(N)=NC=N. The second-order valence-corrected chi connectivity index (χ2v) is 5.87. The number of aromatic nitrogens is 3. The number of nitrogens with zero attached hydrogens (tertiary/aromatic N) is 4. The van der Waals surface area contributed by atoms with Crippen molar-refractivity contribution in [2.75, 3.05) is 0 Å². The Labute approximate surface area is 137 Å². The number of thiazole rings is 1. The third kappa shape index (κ3) is 2.66. The van der Waals surface area contributed by atoms with Crippen molar-refractivity contribution >= 4 is 35.1 Å². The molecule has 116 valence electrons. The summed E-state index contributed by atoms with van der Waals surface area (Å²) in [4.78, 5) is 9.33. The van der Waals surface area contributed by atoms with Crippen molar-refractivity contribution in [3.05, 3.63) is 46.7 Å². The van der Waals surface area contributed by atoms with Crippen LogP contribution in [-0.4, -0.2) is 26.8 Å². The molecule has 0 bridgehead atoms. The van der Waals surface area contributed by atoms with Crippen LogP contribution < -0.4 is 5.73 Å². The maximum Gasteiger partial charge on any atom is 0.144 e. The Kier molecular flexibility index (Phi) is 4.03. The second kappa shape index (κ2) is 6.13. The van der Waals surface area contributed by atoms with E-state index in [0.717, 1.165) is 38.7 Å². The largest absolute Gasteiger partial charge is 0.382 e. The summed E-state index contributed by atoms with van der Waals surface area (Å²) < 4.78 is 1.84. The predicted molar refractivity (Wildman–Crippen MR) is 95.3 cm³/mol. The van der Waals surface area contributed by atoms with Crippen molar-refractivity contribution < 1.29 is 0 Å². The van der Waals surface area contributed by atoms with E-state index >= 15 is 0 Å². The van der Waals surface area contributed by atoms with Gasteiger partial charge in [0.15, 0.2) is 0 Å². The number of rotatable bonds is 4. The Hall–Kier alpha value is -2.80. The fraction of sp³-hybridized carbons (Fsp3) is 0.125. The van der Waals surface area contributed by atoms with Crippen molar-refractivity contribution in [2.45, 2.75) is 13.8 Å². The van der Waals surface area contributed by atoms with Gasteiger partial charge in [0.2, 0.25) is 0 Å². The lowest BCUT2D eigenvalue weighted by atomic mass is 10.2. The number of pyridine rings is 1. The first kappa shape index (κ1) is 15.1. The van der Waals surface area contributed by atoms with E-state index in [0.29, 0.717) is 5.84 Å². The molecule has 3 aromatic rings. The first-order valence-electron chi connectivity index (χ1n) is 7.06. The van der Waals surface area contributed by atoms with E-state index < -0.39 is 0 Å². The van der Waals surface area contributed by atoms with Crippen LogP contribution >= 0.6 is 11.3 Å². The first-order valence-corrected chi connectivity index (χ1v) is 7.87. The van der Waals surface area contributed by atoms with Crippen LogP contribution in [0, 0.1) is 12.3 Å². The maximum absolute atomic E-state index is 7.10. The zero-order chi connectivity index (χ0) is 16.4. The molecule has 7 heteroatoms. The molecule has 0 spiro atoms. The minimum Gasteiger partial charge on any atom is -0.382 e. The normalized spacial score (nSPS) is 12.3. The second-order valence-electron chi connectivity index (χ2n) is 4.87. The van der Waals surface area contributed by atoms with E-state index in [2.05, 4.69) is 10.1 Å². The fourth-order valence-electron chi connectivity index (χ4n) is 2.40. The van der Waals surface area contributed by atoms with Crippen molar-refractivity contribution in [1.29, 1.82) is 5.41 Å². The summed E-state index contributed by atoms with van der Waals surface area (Å²) in [6, 6.07) is 5.93. The maximum atomic E-state index is 7.10. The molecule has 0 fully saturated rings. The van der Waals surface area contributed by atoms with Crippen LogP contribution in [0.25, 0.3) is 22.2 Å². The number of hydrogen-bond donors (Lipinski definition) is 2. The molecule has 3 N–H and O–H groups in total. The van der Waals surface area contributed by atoms with Gasteiger partial charge in [-0.2, -0.15) is 5.10 Å². The molecular weight excluding hydrogens is 308 g/mol. The Morgan fingerprint density at radius 3 is 3.00 bits per heavy atom. The van der Waals surface area contributed by atoms with E-state index in [1.807, 2.05) is 54.9 Å². The summed E-state index contributed by atoms with van der Waals surface area (Å²) in [6.07, 6.45) is 6.65. The molecule has 3 heterocycles. The van der Waals surface area contributed by atoms with Gasteiger partial charge in [-0.25, -0.2) is 14.5 Å². The number of fused-ring (bicyclic) bond motifs is 1. The van der Waals surface area contributed by atoms with Crippen LogP contribution in [0.15, 0.2) is 35.5 Å². The number of hydrogen-bond acceptors (Lipinski definition) is 4. The van der Waals surface area contributed by atoms with Gasteiger partial charge in [-0.1, -0.05) is 12.1 Å². The summed E-state index contributed by atoms with van der Waals surface area (Å²) in [5.74, 6) is 0.297. The van der Waals surface area contributed by atoms with Gasteiger partial charge in [0.1, 0.15) is 17.2 Å². The number of nitrogens with one attached hydrogen (secondary N) is 1. The number of allylic oxidation sites excluding steroid dienone is 1. The Morgan fingerprint density at radius 1 is 1.43 bits per heavy atom. The molecule has 0 amide bonds. The average molecular weight is 324 g/mol. The molecule has 0 atom stereocenters. The molecule has 23 heavy (non-hydrogen) atoms. The highest BCUT2D eigenvalue weighted by molar-refractivity contribution is 7.17. The Balaban J connectivity index is 2.24. The van der Waals surface area contributed by atoms with E-state index in [1.165, 1.54) is 11.3 Å². The minimum atomic E-state index is 0.297. The summed E-state index contributed by atoms with van der Waals surface area (Å²) in [5, 5.41) is 12.5. The summed E-state index contributed by atoms with van der Waals surface area (Å²) in [5.41, 5.74) is 9.63. The van der Waals surface area contributed by atoms with Crippen molar-refractivity contribution in [3.8, 4) is 10.6 Å². The molecule has 0 unspecified atom stereocenters. The first-order chi connectivity index (χ1) is 11.2. The molecule has 0 saturated heterocycles. The van der Waals surface area contributed by atoms with Crippen molar-refractivity contribution in [1.82, 2.24) is 14.6 Å². The third-order valence-corrected chi connectivity index (χ3v) is 4.45. The highest BCUT2D eigenvalue weighted by atomic mass is 32.1. The molecule has 0 radical (unpaired) electrons. The highest BCUT2D eigenvalue weighted by Crippen LogP contribution is 2.33. The fourth-order valence-corrected chi connectivity index (χ4v) is 3.47. The van der Waals surface area contributed by atoms with Gasteiger partial charge < -0.3 is 5.73 Å². The molecule has 0 aromatic carbocycles. The van der Waals surface area contributed by atoms with Gasteiger partial charge >= 0.3 is 0 Å². The van der Waals surface area contributed by atoms with Gasteiger partial charge in [-0.05, 0) is 32.1 Å². The smallest absolute Gasteiger partial charge is 0.144 e. The summed E-state index contributed by atoms with van der Waals surface area (Å²) in [7, 11) is 0. The molecule has 0 saturated carbocycles. The van der Waals surface area contributed by atoms with Crippen LogP contribution in [0.2, 0.25) is 0 Å². The Bertz CT molecular complexity index is 931. The number of nitrogens with two attached hydrogens (primary N) is 1. The average Bonchev–Trinajstić information content (AvgIpc) is 3.07. The van der Waals surface area contributed by atoms with Crippen LogP contribution in [-0.2, 0) is 0 Å². The lowest BCUT2D eigenvalue weighted by molar-refractivity contribution is 0.934. The third-order valence-electron chi connectivity index (χ3n) is 3.34. The molecule has 3 aromatic heterocycles. The van der Waals surface area contributed by atoms with Crippen molar-refractivity contribution in [2.24, 2.45) is 10.7 Å². The van der Waals surface area contributed by atoms with Gasteiger partial charge in [0.05, 0.1) is 27.3 Å². The zero-order valence-corrected chi connectivity index (χ0v) is 13.6. The quantitative estimate of drug-likeness (QED) is 0.570. The lowest BCUT2D eigenvalue weighted by Gasteiger charge is -1.95. The topological polar surface area (TPSA) is 92.4 Å². The molecule has 6 nitrogen and oxygen atoms in total. The minimum absolute atomic E-state index is 0.297. The molecule has 0 aliphatic rings. The summed E-state index contributed by atoms with van der Waals surface area (Å²) >= 11 is 1.46. The van der Waals surface area contributed by atoms with E-state index in [4.69, 9.17) is 16.1 Å². The lowest BCUT2D eigenvalue weighted by Crippen LogP contribution is -2.12. The van der Waals surface area contributed by atoms with Crippen LogP contribution in [0.4, 0.5) is 0 Å². The zero-order valence-electron chi connectivity index (χ0n) is 12.8. The summed E-state index contributed by atoms with van der Waals surface area (Å²) in [6.45, 7) is 3.89. The van der Waals surface area contributed by atoms with E-state index in [-0.39, 0.29) is 0 Å². The predicted octanol–water partition coefficient (Wildman–Crippen LogP) is 3.11. The van der Waals surface area contributed by atoms with Crippen LogP contribution in [0.1, 0.15) is 23.2 Å². The molecule has 3 rings (SSSR count). The highest BCUT2D eigenvalue weighted by Gasteiger charge is 2.19. The standard InChI is InChI=1S/C16H16N6S/c1-3-6-11-14(15(18)19-9-17)23-16(20-11)13-10(2)21-22-8-5-4-7-12(13)22/h3-9H,1-2H3,(H3,17,18,19)/b6-3+. The number of amidine groups is 1. The van der Waals surface area contributed by atoms with E-state index in [9.17, 15) is 0 Å². The monoisotopic (exact) mass is 324 g/mol. The van der Waals surface area contributed by atoms with Gasteiger partial charge in [0, 0.05) is 6.20 Å². The van der Waals surface area contributed by atoms with Gasteiger partial charge in [-0.15, -0.1) is 11.3 Å². The Morgan fingerprint density at radius 2 is 2.26 bits per heavy atom. The van der Waals surface area contributed by atoms with E-state index in [1.54, 1.807) is 0 Å². The van der Waals surface area contributed by atoms with Gasteiger partial charge in [0.25, 0.3) is 0 Å². The van der Waals surface area contributed by atoms with Gasteiger partial charge in [-0.3, -0.25) is 5.41 Å². The van der Waals surface area contributed by atoms with Crippen molar-refractivity contribution in [3.63, 3.8) is 0 Å². The number of aliphatic imine (C=N–C) groups is 1. The number of aryl methyl sites for hydroxylation is 1. The van der Waals surface area contributed by atoms with Crippen LogP contribution in [0.5, 0.6) is 0 Å². The van der Waals surface area contributed by atoms with Crippen LogP contribution in [0.3, 0.4) is 0 Å². The molecular formula is C16H16N6S. The molecule has 0 aliphatic heterocycles. The molecule has 0 aliphatic carbocycles.